The van der Waals surface area contributed by atoms with E-state index < -0.39 is 22.2 Å². The third-order valence-corrected chi connectivity index (χ3v) is 7.37. The van der Waals surface area contributed by atoms with Gasteiger partial charge in [0, 0.05) is 45.7 Å². The van der Waals surface area contributed by atoms with Gasteiger partial charge in [0.2, 0.25) is 10.0 Å². The van der Waals surface area contributed by atoms with Crippen LogP contribution >= 0.6 is 0 Å². The van der Waals surface area contributed by atoms with Crippen molar-refractivity contribution in [1.82, 2.24) is 19.2 Å². The molecule has 10 heteroatoms. The molecule has 0 fully saturated rings. The molecule has 0 aliphatic heterocycles. The maximum atomic E-state index is 13.3. The van der Waals surface area contributed by atoms with E-state index in [4.69, 9.17) is 4.74 Å². The quantitative estimate of drug-likeness (QED) is 0.537. The van der Waals surface area contributed by atoms with Crippen molar-refractivity contribution < 1.29 is 23.1 Å². The first-order chi connectivity index (χ1) is 15.1. The van der Waals surface area contributed by atoms with Crippen LogP contribution in [0.15, 0.2) is 47.8 Å². The van der Waals surface area contributed by atoms with Gasteiger partial charge in [-0.25, -0.2) is 13.4 Å². The van der Waals surface area contributed by atoms with Gasteiger partial charge in [0.1, 0.15) is 5.69 Å². The van der Waals surface area contributed by atoms with Crippen molar-refractivity contribution in [3.63, 3.8) is 0 Å². The molecule has 0 unspecified atom stereocenters. The highest BCUT2D eigenvalue weighted by molar-refractivity contribution is 7.89. The molecule has 1 aromatic carbocycles. The van der Waals surface area contributed by atoms with E-state index in [9.17, 15) is 18.3 Å². The summed E-state index contributed by atoms with van der Waals surface area (Å²) in [7, 11) is -0.679. The highest BCUT2D eigenvalue weighted by atomic mass is 32.2. The lowest BCUT2D eigenvalue weighted by molar-refractivity contribution is 0.0219. The van der Waals surface area contributed by atoms with E-state index in [0.29, 0.717) is 0 Å². The Labute approximate surface area is 190 Å². The van der Waals surface area contributed by atoms with Gasteiger partial charge in [-0.1, -0.05) is 24.6 Å². The minimum absolute atomic E-state index is 0.115. The van der Waals surface area contributed by atoms with Crippen molar-refractivity contribution in [3.05, 3.63) is 54.1 Å². The minimum atomic E-state index is -3.83. The van der Waals surface area contributed by atoms with Gasteiger partial charge in [0.15, 0.2) is 0 Å². The molecule has 3 atom stereocenters. The number of hydrogen-bond acceptors (Lipinski definition) is 7. The number of rotatable bonds is 11. The van der Waals surface area contributed by atoms with Crippen molar-refractivity contribution >= 4 is 15.9 Å². The number of amides is 1. The molecule has 2 rings (SSSR count). The van der Waals surface area contributed by atoms with E-state index in [1.807, 2.05) is 13.8 Å². The van der Waals surface area contributed by atoms with E-state index in [0.717, 1.165) is 5.56 Å². The topological polar surface area (TPSA) is 113 Å². The molecule has 0 bridgehead atoms. The highest BCUT2D eigenvalue weighted by Crippen LogP contribution is 2.22. The zero-order valence-corrected chi connectivity index (χ0v) is 20.0. The number of sulfonamides is 1. The number of hydrogen-bond donors (Lipinski definition) is 1. The van der Waals surface area contributed by atoms with Crippen LogP contribution in [0.2, 0.25) is 0 Å². The summed E-state index contributed by atoms with van der Waals surface area (Å²) >= 11 is 0. The number of carbonyl (C=O) groups excluding carboxylic acids is 1. The summed E-state index contributed by atoms with van der Waals surface area (Å²) in [5.74, 6) is -0.577. The fraction of sp³-hybridized carbons (Fsp3) is 0.500. The third-order valence-electron chi connectivity index (χ3n) is 5.37. The molecule has 176 valence electrons. The Morgan fingerprint density at radius 3 is 2.34 bits per heavy atom. The second kappa shape index (κ2) is 11.5. The number of likely N-dealkylation sites (N-methyl/N-ethyl adjacent to an activating group) is 1. The molecule has 0 aliphatic rings. The molecular weight excluding hydrogens is 432 g/mol. The van der Waals surface area contributed by atoms with Crippen molar-refractivity contribution in [2.45, 2.75) is 37.8 Å². The fourth-order valence-electron chi connectivity index (χ4n) is 3.30. The van der Waals surface area contributed by atoms with Crippen LogP contribution in [0.5, 0.6) is 0 Å². The van der Waals surface area contributed by atoms with E-state index >= 15 is 0 Å². The summed E-state index contributed by atoms with van der Waals surface area (Å²) < 4.78 is 33.5. The Kier molecular flexibility index (Phi) is 9.26. The zero-order valence-electron chi connectivity index (χ0n) is 19.2. The zero-order chi connectivity index (χ0) is 23.9. The maximum absolute atomic E-state index is 13.3. The number of aromatic nitrogens is 2. The van der Waals surface area contributed by atoms with Crippen molar-refractivity contribution in [1.29, 1.82) is 0 Å². The maximum Gasteiger partial charge on any atom is 0.273 e. The molecular formula is C22H32N4O5S. The summed E-state index contributed by atoms with van der Waals surface area (Å²) in [6.45, 7) is 5.43. The standard InChI is InChI=1S/C22H32N4O5S/c1-16-6-8-19(9-7-16)32(29,30)26(18(3)15-27)13-17(2)21(31-5)14-25(4)22(28)20-12-23-10-11-24-20/h6-12,17-18,21,27H,13-15H2,1-5H3/t17-,18-,21-/m1/s1. The van der Waals surface area contributed by atoms with Crippen molar-refractivity contribution in [2.24, 2.45) is 5.92 Å². The van der Waals surface area contributed by atoms with Gasteiger partial charge in [-0.05, 0) is 31.9 Å². The molecule has 0 aliphatic carbocycles. The molecule has 0 saturated carbocycles. The SMILES string of the molecule is CO[C@H](CN(C)C(=O)c1cnccn1)[C@H](C)CN([C@H](C)CO)S(=O)(=O)c1ccc(C)cc1. The summed E-state index contributed by atoms with van der Waals surface area (Å²) in [5, 5.41) is 9.71. The van der Waals surface area contributed by atoms with Crippen LogP contribution in [-0.4, -0.2) is 84.6 Å². The first-order valence-corrected chi connectivity index (χ1v) is 11.8. The monoisotopic (exact) mass is 464 g/mol. The van der Waals surface area contributed by atoms with E-state index in [2.05, 4.69) is 9.97 Å². The fourth-order valence-corrected chi connectivity index (χ4v) is 5.02. The Bertz CT molecular complexity index is 970. The van der Waals surface area contributed by atoms with Crippen LogP contribution in [0.1, 0.15) is 29.9 Å². The summed E-state index contributed by atoms with van der Waals surface area (Å²) in [6, 6.07) is 5.98. The number of aryl methyl sites for hydroxylation is 1. The summed E-state index contributed by atoms with van der Waals surface area (Å²) in [6.07, 6.45) is 3.88. The molecule has 1 amide bonds. The second-order valence-corrected chi connectivity index (χ2v) is 9.84. The Morgan fingerprint density at radius 2 is 1.81 bits per heavy atom. The molecule has 1 heterocycles. The van der Waals surface area contributed by atoms with Crippen molar-refractivity contribution in [2.75, 3.05) is 33.9 Å². The van der Waals surface area contributed by atoms with E-state index in [1.54, 1.807) is 38.2 Å². The number of aliphatic hydroxyl groups excluding tert-OH is 1. The molecule has 32 heavy (non-hydrogen) atoms. The van der Waals surface area contributed by atoms with Gasteiger partial charge in [-0.2, -0.15) is 4.31 Å². The van der Waals surface area contributed by atoms with Crippen LogP contribution in [-0.2, 0) is 14.8 Å². The molecule has 0 radical (unpaired) electrons. The van der Waals surface area contributed by atoms with Crippen LogP contribution < -0.4 is 0 Å². The smallest absolute Gasteiger partial charge is 0.273 e. The minimum Gasteiger partial charge on any atom is -0.395 e. The number of aliphatic hydroxyl groups is 1. The lowest BCUT2D eigenvalue weighted by Crippen LogP contribution is -2.47. The highest BCUT2D eigenvalue weighted by Gasteiger charge is 2.33. The largest absolute Gasteiger partial charge is 0.395 e. The predicted molar refractivity (Wildman–Crippen MR) is 121 cm³/mol. The molecule has 0 spiro atoms. The molecule has 1 aromatic heterocycles. The average molecular weight is 465 g/mol. The van der Waals surface area contributed by atoms with Gasteiger partial charge < -0.3 is 14.7 Å². The number of benzene rings is 1. The van der Waals surface area contributed by atoms with Gasteiger partial charge in [0.05, 0.1) is 23.8 Å². The number of nitrogens with zero attached hydrogens (tertiary/aromatic N) is 4. The predicted octanol–water partition coefficient (Wildman–Crippen LogP) is 1.58. The third kappa shape index (κ3) is 6.32. The molecule has 2 aromatic rings. The Hall–Kier alpha value is -2.40. The Morgan fingerprint density at radius 1 is 1.16 bits per heavy atom. The number of ether oxygens (including phenoxy) is 1. The van der Waals surface area contributed by atoms with Crippen LogP contribution in [0.4, 0.5) is 0 Å². The lowest BCUT2D eigenvalue weighted by atomic mass is 10.0. The first kappa shape index (κ1) is 25.9. The number of methoxy groups -OCH3 is 1. The summed E-state index contributed by atoms with van der Waals surface area (Å²) in [4.78, 5) is 22.2. The summed E-state index contributed by atoms with van der Waals surface area (Å²) in [5.41, 5.74) is 1.17. The number of carbonyl (C=O) groups is 1. The van der Waals surface area contributed by atoms with E-state index in [1.165, 1.54) is 34.9 Å². The van der Waals surface area contributed by atoms with Crippen LogP contribution in [0.25, 0.3) is 0 Å². The normalized spacial score (nSPS) is 14.7. The molecule has 9 nitrogen and oxygen atoms in total. The second-order valence-electron chi connectivity index (χ2n) is 7.95. The van der Waals surface area contributed by atoms with Crippen LogP contribution in [0.3, 0.4) is 0 Å². The lowest BCUT2D eigenvalue weighted by Gasteiger charge is -2.33. The van der Waals surface area contributed by atoms with Gasteiger partial charge in [-0.15, -0.1) is 0 Å². The molecule has 1 N–H and O–H groups in total. The van der Waals surface area contributed by atoms with E-state index in [-0.39, 0.29) is 42.1 Å². The van der Waals surface area contributed by atoms with Gasteiger partial charge in [-0.3, -0.25) is 9.78 Å². The molecule has 0 saturated heterocycles. The average Bonchev–Trinajstić information content (AvgIpc) is 2.80. The van der Waals surface area contributed by atoms with Crippen LogP contribution in [0, 0.1) is 12.8 Å². The Balaban J connectivity index is 2.19. The first-order valence-electron chi connectivity index (χ1n) is 10.4. The van der Waals surface area contributed by atoms with Gasteiger partial charge in [0.25, 0.3) is 5.91 Å². The van der Waals surface area contributed by atoms with Gasteiger partial charge >= 0.3 is 0 Å². The van der Waals surface area contributed by atoms with Crippen molar-refractivity contribution in [3.8, 4) is 0 Å².